The van der Waals surface area contributed by atoms with Crippen molar-refractivity contribution in [2.75, 3.05) is 34.0 Å². The minimum absolute atomic E-state index is 0.120. The first-order valence-corrected chi connectivity index (χ1v) is 11.1. The van der Waals surface area contributed by atoms with Gasteiger partial charge in [-0.15, -0.1) is 0 Å². The lowest BCUT2D eigenvalue weighted by atomic mass is 10.0. The topological polar surface area (TPSA) is 95.1 Å². The standard InChI is InChI=1S/C24H29ClN2O6/c1-14(2)21(27-23(28)16-11-17(30-3)13-18(12-16)31-4)24(29)26-6-5-15-9-19(25)22-20(10-15)32-7-8-33-22/h9-14,21H,5-8H2,1-4H3,(H,26,29)(H,27,28)/t21-/m1/s1. The fourth-order valence-corrected chi connectivity index (χ4v) is 3.73. The molecule has 8 nitrogen and oxygen atoms in total. The van der Waals surface area contributed by atoms with Gasteiger partial charge in [-0.3, -0.25) is 9.59 Å². The molecule has 0 fully saturated rings. The Morgan fingerprint density at radius 3 is 2.33 bits per heavy atom. The van der Waals surface area contributed by atoms with Gasteiger partial charge in [0.25, 0.3) is 5.91 Å². The fourth-order valence-electron chi connectivity index (χ4n) is 3.45. The van der Waals surface area contributed by atoms with Gasteiger partial charge in [0, 0.05) is 18.2 Å². The van der Waals surface area contributed by atoms with Crippen molar-refractivity contribution < 1.29 is 28.5 Å². The van der Waals surface area contributed by atoms with Gasteiger partial charge in [-0.1, -0.05) is 25.4 Å². The van der Waals surface area contributed by atoms with E-state index in [0.29, 0.717) is 59.8 Å². The summed E-state index contributed by atoms with van der Waals surface area (Å²) in [5, 5.41) is 6.19. The molecular weight excluding hydrogens is 448 g/mol. The molecule has 2 amide bonds. The zero-order chi connectivity index (χ0) is 24.0. The first-order valence-electron chi connectivity index (χ1n) is 10.7. The van der Waals surface area contributed by atoms with Gasteiger partial charge in [0.15, 0.2) is 11.5 Å². The van der Waals surface area contributed by atoms with Gasteiger partial charge in [0.05, 0.1) is 19.2 Å². The SMILES string of the molecule is COc1cc(OC)cc(C(=O)N[C@@H](C(=O)NCCc2cc(Cl)c3c(c2)OCCO3)C(C)C)c1. The van der Waals surface area contributed by atoms with Crippen molar-refractivity contribution in [2.45, 2.75) is 26.3 Å². The molecule has 0 unspecified atom stereocenters. The highest BCUT2D eigenvalue weighted by atomic mass is 35.5. The lowest BCUT2D eigenvalue weighted by molar-refractivity contribution is -0.123. The van der Waals surface area contributed by atoms with Crippen molar-refractivity contribution in [1.29, 1.82) is 0 Å². The van der Waals surface area contributed by atoms with E-state index in [1.54, 1.807) is 24.3 Å². The normalized spacial score (nSPS) is 13.3. The molecule has 2 aromatic rings. The van der Waals surface area contributed by atoms with Crippen LogP contribution in [0.25, 0.3) is 0 Å². The number of halogens is 1. The van der Waals surface area contributed by atoms with Crippen LogP contribution >= 0.6 is 11.6 Å². The predicted octanol–water partition coefficient (Wildman–Crippen LogP) is 3.24. The fraction of sp³-hybridized carbons (Fsp3) is 0.417. The van der Waals surface area contributed by atoms with Crippen molar-refractivity contribution in [3.05, 3.63) is 46.5 Å². The molecule has 1 heterocycles. The molecule has 3 rings (SSSR count). The molecule has 0 spiro atoms. The van der Waals surface area contributed by atoms with E-state index in [0.717, 1.165) is 5.56 Å². The number of methoxy groups -OCH3 is 2. The molecule has 0 saturated carbocycles. The van der Waals surface area contributed by atoms with Crippen LogP contribution in [0.15, 0.2) is 30.3 Å². The van der Waals surface area contributed by atoms with Crippen LogP contribution in [0.3, 0.4) is 0 Å². The summed E-state index contributed by atoms with van der Waals surface area (Å²) in [4.78, 5) is 25.7. The van der Waals surface area contributed by atoms with E-state index in [9.17, 15) is 9.59 Å². The Morgan fingerprint density at radius 2 is 1.70 bits per heavy atom. The van der Waals surface area contributed by atoms with Gasteiger partial charge in [0.2, 0.25) is 5.91 Å². The maximum Gasteiger partial charge on any atom is 0.252 e. The summed E-state index contributed by atoms with van der Waals surface area (Å²) in [6.45, 7) is 5.06. The second-order valence-electron chi connectivity index (χ2n) is 7.94. The quantitative estimate of drug-likeness (QED) is 0.577. The van der Waals surface area contributed by atoms with E-state index < -0.39 is 6.04 Å². The molecule has 9 heteroatoms. The summed E-state index contributed by atoms with van der Waals surface area (Å²) in [6.07, 6.45) is 0.550. The second-order valence-corrected chi connectivity index (χ2v) is 8.35. The Balaban J connectivity index is 1.61. The largest absolute Gasteiger partial charge is 0.497 e. The average Bonchev–Trinajstić information content (AvgIpc) is 2.81. The van der Waals surface area contributed by atoms with E-state index in [4.69, 9.17) is 30.5 Å². The van der Waals surface area contributed by atoms with E-state index in [2.05, 4.69) is 10.6 Å². The monoisotopic (exact) mass is 476 g/mol. The van der Waals surface area contributed by atoms with E-state index in [1.807, 2.05) is 19.9 Å². The van der Waals surface area contributed by atoms with Gasteiger partial charge < -0.3 is 29.6 Å². The summed E-state index contributed by atoms with van der Waals surface area (Å²) >= 11 is 6.28. The molecule has 1 atom stereocenters. The number of hydrogen-bond donors (Lipinski definition) is 2. The summed E-state index contributed by atoms with van der Waals surface area (Å²) in [5.74, 6) is 1.36. The number of benzene rings is 2. The minimum atomic E-state index is -0.710. The lowest BCUT2D eigenvalue weighted by Crippen LogP contribution is -2.50. The zero-order valence-electron chi connectivity index (χ0n) is 19.2. The first kappa shape index (κ1) is 24.5. The molecular formula is C24H29ClN2O6. The van der Waals surface area contributed by atoms with Crippen LogP contribution in [-0.4, -0.2) is 51.8 Å². The van der Waals surface area contributed by atoms with Gasteiger partial charge in [0.1, 0.15) is 30.8 Å². The number of amides is 2. The molecule has 1 aliphatic heterocycles. The maximum absolute atomic E-state index is 12.8. The molecule has 0 radical (unpaired) electrons. The first-order chi connectivity index (χ1) is 15.8. The molecule has 2 aromatic carbocycles. The van der Waals surface area contributed by atoms with Gasteiger partial charge in [-0.2, -0.15) is 0 Å². The number of hydrogen-bond acceptors (Lipinski definition) is 6. The van der Waals surface area contributed by atoms with Crippen LogP contribution in [0.5, 0.6) is 23.0 Å². The van der Waals surface area contributed by atoms with Gasteiger partial charge >= 0.3 is 0 Å². The molecule has 2 N–H and O–H groups in total. The lowest BCUT2D eigenvalue weighted by Gasteiger charge is -2.22. The van der Waals surface area contributed by atoms with Crippen LogP contribution in [0, 0.1) is 5.92 Å². The third kappa shape index (κ3) is 6.22. The van der Waals surface area contributed by atoms with E-state index in [-0.39, 0.29) is 17.7 Å². The molecule has 0 aromatic heterocycles. The summed E-state index contributed by atoms with van der Waals surface area (Å²) < 4.78 is 21.6. The molecule has 0 saturated heterocycles. The number of fused-ring (bicyclic) bond motifs is 1. The maximum atomic E-state index is 12.8. The van der Waals surface area contributed by atoms with Crippen LogP contribution < -0.4 is 29.6 Å². The zero-order valence-corrected chi connectivity index (χ0v) is 20.0. The third-order valence-electron chi connectivity index (χ3n) is 5.22. The Bertz CT molecular complexity index is 988. The molecule has 1 aliphatic rings. The van der Waals surface area contributed by atoms with Crippen LogP contribution in [0.2, 0.25) is 5.02 Å². The van der Waals surface area contributed by atoms with Crippen molar-refractivity contribution in [1.82, 2.24) is 10.6 Å². The summed E-state index contributed by atoms with van der Waals surface area (Å²) in [7, 11) is 3.02. The average molecular weight is 477 g/mol. The smallest absolute Gasteiger partial charge is 0.252 e. The Labute approximate surface area is 198 Å². The van der Waals surface area contributed by atoms with Crippen LogP contribution in [0.1, 0.15) is 29.8 Å². The number of rotatable bonds is 9. The Hall–Kier alpha value is -3.13. The van der Waals surface area contributed by atoms with E-state index in [1.165, 1.54) is 14.2 Å². The van der Waals surface area contributed by atoms with Crippen LogP contribution in [-0.2, 0) is 11.2 Å². The third-order valence-corrected chi connectivity index (χ3v) is 5.50. The number of ether oxygens (including phenoxy) is 4. The highest BCUT2D eigenvalue weighted by Gasteiger charge is 2.25. The second kappa shape index (κ2) is 11.1. The molecule has 33 heavy (non-hydrogen) atoms. The van der Waals surface area contributed by atoms with Crippen LogP contribution in [0.4, 0.5) is 0 Å². The molecule has 0 aliphatic carbocycles. The molecule has 178 valence electrons. The van der Waals surface area contributed by atoms with Crippen molar-refractivity contribution in [3.63, 3.8) is 0 Å². The summed E-state index contributed by atoms with van der Waals surface area (Å²) in [6, 6.07) is 7.83. The van der Waals surface area contributed by atoms with Crippen molar-refractivity contribution in [2.24, 2.45) is 5.92 Å². The molecule has 0 bridgehead atoms. The minimum Gasteiger partial charge on any atom is -0.497 e. The van der Waals surface area contributed by atoms with E-state index >= 15 is 0 Å². The highest BCUT2D eigenvalue weighted by Crippen LogP contribution is 2.38. The van der Waals surface area contributed by atoms with Crippen molar-refractivity contribution in [3.8, 4) is 23.0 Å². The van der Waals surface area contributed by atoms with Gasteiger partial charge in [-0.25, -0.2) is 0 Å². The Morgan fingerprint density at radius 1 is 1.03 bits per heavy atom. The number of carbonyl (C=O) groups excluding carboxylic acids is 2. The predicted molar refractivity (Wildman–Crippen MR) is 125 cm³/mol. The van der Waals surface area contributed by atoms with Gasteiger partial charge in [-0.05, 0) is 42.2 Å². The Kier molecular flexibility index (Phi) is 8.27. The highest BCUT2D eigenvalue weighted by molar-refractivity contribution is 6.32. The summed E-state index contributed by atoms with van der Waals surface area (Å²) in [5.41, 5.74) is 1.26. The van der Waals surface area contributed by atoms with Crippen molar-refractivity contribution >= 4 is 23.4 Å². The number of carbonyl (C=O) groups is 2. The number of nitrogens with one attached hydrogen (secondary N) is 2.